The van der Waals surface area contributed by atoms with Gasteiger partial charge in [0.05, 0.1) is 18.0 Å². The number of likely N-dealkylation sites (tertiary alicyclic amines) is 1. The molecule has 5 heteroatoms. The van der Waals surface area contributed by atoms with Gasteiger partial charge < -0.3 is 9.64 Å². The molecular formula is C18H23N3O2. The maximum absolute atomic E-state index is 13.0. The zero-order valence-electron chi connectivity index (χ0n) is 13.9. The molecule has 0 saturated carbocycles. The summed E-state index contributed by atoms with van der Waals surface area (Å²) in [6.07, 6.45) is 5.54. The predicted octanol–water partition coefficient (Wildman–Crippen LogP) is 3.47. The number of aromatic nitrogens is 2. The quantitative estimate of drug-likeness (QED) is 0.871. The second kappa shape index (κ2) is 6.44. The molecule has 2 aromatic rings. The number of carbonyl (C=O) groups excluding carboxylic acids is 1. The van der Waals surface area contributed by atoms with Crippen LogP contribution in [0.5, 0.6) is 11.5 Å². The summed E-state index contributed by atoms with van der Waals surface area (Å²) < 4.78 is 7.54. The number of amides is 1. The first-order valence-electron chi connectivity index (χ1n) is 8.11. The third kappa shape index (κ3) is 3.38. The third-order valence-corrected chi connectivity index (χ3v) is 4.43. The van der Waals surface area contributed by atoms with Gasteiger partial charge in [-0.3, -0.25) is 9.48 Å². The van der Waals surface area contributed by atoms with Crippen LogP contribution in [0.1, 0.15) is 37.0 Å². The van der Waals surface area contributed by atoms with E-state index in [0.717, 1.165) is 19.4 Å². The highest BCUT2D eigenvalue weighted by Crippen LogP contribution is 2.29. The molecule has 122 valence electrons. The molecule has 0 radical (unpaired) electrons. The van der Waals surface area contributed by atoms with E-state index in [-0.39, 0.29) is 11.9 Å². The summed E-state index contributed by atoms with van der Waals surface area (Å²) in [6, 6.07) is 7.68. The Morgan fingerprint density at radius 2 is 2.09 bits per heavy atom. The molecule has 1 aliphatic rings. The smallest absolute Gasteiger partial charge is 0.257 e. The maximum Gasteiger partial charge on any atom is 0.257 e. The second-order valence-electron chi connectivity index (χ2n) is 6.43. The summed E-state index contributed by atoms with van der Waals surface area (Å²) >= 11 is 0. The lowest BCUT2D eigenvalue weighted by Crippen LogP contribution is -2.44. The van der Waals surface area contributed by atoms with E-state index in [2.05, 4.69) is 18.9 Å². The normalized spacial score (nSPS) is 21.3. The van der Waals surface area contributed by atoms with Crippen molar-refractivity contribution in [3.63, 3.8) is 0 Å². The van der Waals surface area contributed by atoms with Crippen LogP contribution in [-0.4, -0.2) is 33.2 Å². The Bertz CT molecular complexity index is 695. The zero-order chi connectivity index (χ0) is 16.4. The summed E-state index contributed by atoms with van der Waals surface area (Å²) in [4.78, 5) is 14.9. The standard InChI is InChI=1S/C18H23N3O2/c1-13-8-9-21(14(2)10-13)18(22)16-6-4-5-7-17(16)23-15-11-19-20(3)12-15/h4-7,11-14H,8-10H2,1-3H3/t13-,14-/m1/s1. The van der Waals surface area contributed by atoms with Gasteiger partial charge in [0.25, 0.3) is 5.91 Å². The average Bonchev–Trinajstić information content (AvgIpc) is 2.92. The molecule has 0 N–H and O–H groups in total. The van der Waals surface area contributed by atoms with E-state index in [0.29, 0.717) is 23.0 Å². The number of nitrogens with zero attached hydrogens (tertiary/aromatic N) is 3. The first-order valence-corrected chi connectivity index (χ1v) is 8.11. The molecule has 23 heavy (non-hydrogen) atoms. The van der Waals surface area contributed by atoms with Crippen molar-refractivity contribution in [2.24, 2.45) is 13.0 Å². The van der Waals surface area contributed by atoms with Gasteiger partial charge in [0.15, 0.2) is 5.75 Å². The lowest BCUT2D eigenvalue weighted by molar-refractivity contribution is 0.0586. The van der Waals surface area contributed by atoms with Gasteiger partial charge in [-0.05, 0) is 37.8 Å². The molecule has 2 heterocycles. The number of piperidine rings is 1. The maximum atomic E-state index is 13.0. The Labute approximate surface area is 136 Å². The molecule has 0 aliphatic carbocycles. The van der Waals surface area contributed by atoms with Gasteiger partial charge in [-0.25, -0.2) is 0 Å². The van der Waals surface area contributed by atoms with Crippen molar-refractivity contribution >= 4 is 5.91 Å². The van der Waals surface area contributed by atoms with Gasteiger partial charge in [-0.1, -0.05) is 19.1 Å². The van der Waals surface area contributed by atoms with Gasteiger partial charge >= 0.3 is 0 Å². The van der Waals surface area contributed by atoms with E-state index in [9.17, 15) is 4.79 Å². The van der Waals surface area contributed by atoms with Gasteiger partial charge in [-0.2, -0.15) is 5.10 Å². The molecule has 5 nitrogen and oxygen atoms in total. The number of carbonyl (C=O) groups is 1. The Morgan fingerprint density at radius 1 is 1.30 bits per heavy atom. The van der Waals surface area contributed by atoms with E-state index in [4.69, 9.17) is 4.74 Å². The van der Waals surface area contributed by atoms with Crippen LogP contribution in [-0.2, 0) is 7.05 Å². The average molecular weight is 313 g/mol. The summed E-state index contributed by atoms with van der Waals surface area (Å²) in [7, 11) is 1.83. The Balaban J connectivity index is 1.83. The van der Waals surface area contributed by atoms with E-state index < -0.39 is 0 Å². The summed E-state index contributed by atoms with van der Waals surface area (Å²) in [5.41, 5.74) is 0.609. The highest BCUT2D eigenvalue weighted by Gasteiger charge is 2.29. The van der Waals surface area contributed by atoms with E-state index in [1.807, 2.05) is 36.2 Å². The number of aryl methyl sites for hydroxylation is 1. The number of hydrogen-bond donors (Lipinski definition) is 0. The highest BCUT2D eigenvalue weighted by atomic mass is 16.5. The molecule has 0 bridgehead atoms. The third-order valence-electron chi connectivity index (χ3n) is 4.43. The molecule has 1 aromatic carbocycles. The van der Waals surface area contributed by atoms with Crippen molar-refractivity contribution in [3.8, 4) is 11.5 Å². The van der Waals surface area contributed by atoms with Crippen LogP contribution < -0.4 is 4.74 Å². The Hall–Kier alpha value is -2.30. The van der Waals surface area contributed by atoms with Gasteiger partial charge in [0.1, 0.15) is 5.75 Å². The predicted molar refractivity (Wildman–Crippen MR) is 88.6 cm³/mol. The summed E-state index contributed by atoms with van der Waals surface area (Å²) in [5.74, 6) is 1.93. The monoisotopic (exact) mass is 313 g/mol. The highest BCUT2D eigenvalue weighted by molar-refractivity contribution is 5.97. The Morgan fingerprint density at radius 3 is 2.78 bits per heavy atom. The number of benzene rings is 1. The molecule has 1 aromatic heterocycles. The first-order chi connectivity index (χ1) is 11.0. The van der Waals surface area contributed by atoms with Crippen molar-refractivity contribution in [3.05, 3.63) is 42.2 Å². The van der Waals surface area contributed by atoms with Gasteiger partial charge in [0, 0.05) is 19.6 Å². The van der Waals surface area contributed by atoms with Crippen molar-refractivity contribution in [2.45, 2.75) is 32.7 Å². The van der Waals surface area contributed by atoms with Crippen molar-refractivity contribution in [1.82, 2.24) is 14.7 Å². The lowest BCUT2D eigenvalue weighted by atomic mass is 9.93. The SMILES string of the molecule is C[C@@H]1CCN(C(=O)c2ccccc2Oc2cnn(C)c2)[C@H](C)C1. The second-order valence-corrected chi connectivity index (χ2v) is 6.43. The fourth-order valence-corrected chi connectivity index (χ4v) is 3.17. The number of hydrogen-bond acceptors (Lipinski definition) is 3. The van der Waals surface area contributed by atoms with Crippen LogP contribution in [0.2, 0.25) is 0 Å². The molecule has 1 fully saturated rings. The van der Waals surface area contributed by atoms with Crippen molar-refractivity contribution in [2.75, 3.05) is 6.54 Å². The van der Waals surface area contributed by atoms with Crippen LogP contribution in [0.25, 0.3) is 0 Å². The molecule has 1 amide bonds. The first kappa shape index (κ1) is 15.6. The molecule has 3 rings (SSSR count). The minimum Gasteiger partial charge on any atom is -0.453 e. The Kier molecular flexibility index (Phi) is 4.37. The number of ether oxygens (including phenoxy) is 1. The molecule has 1 aliphatic heterocycles. The molecule has 0 unspecified atom stereocenters. The van der Waals surface area contributed by atoms with Crippen molar-refractivity contribution in [1.29, 1.82) is 0 Å². The largest absolute Gasteiger partial charge is 0.453 e. The van der Waals surface area contributed by atoms with Crippen LogP contribution in [0.3, 0.4) is 0 Å². The molecule has 1 saturated heterocycles. The van der Waals surface area contributed by atoms with Gasteiger partial charge in [-0.15, -0.1) is 0 Å². The zero-order valence-corrected chi connectivity index (χ0v) is 13.9. The van der Waals surface area contributed by atoms with Crippen LogP contribution in [0.15, 0.2) is 36.7 Å². The van der Waals surface area contributed by atoms with E-state index >= 15 is 0 Å². The molecule has 2 atom stereocenters. The number of para-hydroxylation sites is 1. The van der Waals surface area contributed by atoms with E-state index in [1.54, 1.807) is 17.1 Å². The fraction of sp³-hybridized carbons (Fsp3) is 0.444. The minimum atomic E-state index is 0.0453. The van der Waals surface area contributed by atoms with Crippen LogP contribution in [0.4, 0.5) is 0 Å². The summed E-state index contributed by atoms with van der Waals surface area (Å²) in [5, 5.41) is 4.09. The lowest BCUT2D eigenvalue weighted by Gasteiger charge is -2.36. The fourth-order valence-electron chi connectivity index (χ4n) is 3.17. The van der Waals surface area contributed by atoms with Crippen molar-refractivity contribution < 1.29 is 9.53 Å². The topological polar surface area (TPSA) is 47.4 Å². The molecule has 0 spiro atoms. The van der Waals surface area contributed by atoms with Gasteiger partial charge in [0.2, 0.25) is 0 Å². The summed E-state index contributed by atoms with van der Waals surface area (Å²) in [6.45, 7) is 5.18. The minimum absolute atomic E-state index is 0.0453. The molecular weight excluding hydrogens is 290 g/mol. The number of rotatable bonds is 3. The van der Waals surface area contributed by atoms with E-state index in [1.165, 1.54) is 0 Å². The van der Waals surface area contributed by atoms with Crippen LogP contribution >= 0.6 is 0 Å². The van der Waals surface area contributed by atoms with Crippen LogP contribution in [0, 0.1) is 5.92 Å².